The minimum Gasteiger partial charge on any atom is -0.390 e. The highest BCUT2D eigenvalue weighted by Gasteiger charge is 2.44. The second-order valence-corrected chi connectivity index (χ2v) is 9.03. The summed E-state index contributed by atoms with van der Waals surface area (Å²) in [5, 5.41) is 12.7. The lowest BCUT2D eigenvalue weighted by atomic mass is 10.1. The maximum Gasteiger partial charge on any atom is 0.325 e. The van der Waals surface area contributed by atoms with Crippen molar-refractivity contribution >= 4 is 23.7 Å². The summed E-state index contributed by atoms with van der Waals surface area (Å²) in [4.78, 5) is 25.0. The van der Waals surface area contributed by atoms with E-state index in [1.54, 1.807) is 25.6 Å². The van der Waals surface area contributed by atoms with Crippen LogP contribution in [0.2, 0.25) is 0 Å². The van der Waals surface area contributed by atoms with Crippen LogP contribution in [-0.4, -0.2) is 51.6 Å². The van der Waals surface area contributed by atoms with Gasteiger partial charge in [0, 0.05) is 5.75 Å². The molecule has 3 amide bonds. The molecule has 1 rings (SSSR count). The fourth-order valence-electron chi connectivity index (χ4n) is 3.16. The highest BCUT2D eigenvalue weighted by atomic mass is 32.2. The Morgan fingerprint density at radius 3 is 2.04 bits per heavy atom. The van der Waals surface area contributed by atoms with Crippen LogP contribution in [0, 0.1) is 0 Å². The van der Waals surface area contributed by atoms with Crippen molar-refractivity contribution in [2.45, 2.75) is 96.6 Å². The van der Waals surface area contributed by atoms with E-state index in [1.165, 1.54) is 64.2 Å². The van der Waals surface area contributed by atoms with E-state index in [9.17, 15) is 14.7 Å². The number of nitrogens with one attached hydrogen (secondary N) is 1. The lowest BCUT2D eigenvalue weighted by molar-refractivity contribution is -0.131. The predicted molar refractivity (Wildman–Crippen MR) is 109 cm³/mol. The number of urea groups is 1. The first-order chi connectivity index (χ1) is 12.4. The van der Waals surface area contributed by atoms with Crippen LogP contribution in [0.5, 0.6) is 0 Å². The molecule has 152 valence electrons. The van der Waals surface area contributed by atoms with Crippen molar-refractivity contribution in [1.29, 1.82) is 0 Å². The second kappa shape index (κ2) is 12.6. The Labute approximate surface area is 163 Å². The minimum atomic E-state index is -0.861. The van der Waals surface area contributed by atoms with E-state index in [0.29, 0.717) is 5.75 Å². The summed E-state index contributed by atoms with van der Waals surface area (Å²) in [5.41, 5.74) is -0.861. The Balaban J connectivity index is 1.96. The maximum atomic E-state index is 12.1. The van der Waals surface area contributed by atoms with Crippen LogP contribution >= 0.6 is 11.8 Å². The summed E-state index contributed by atoms with van der Waals surface area (Å²) >= 11 is 1.70. The monoisotopic (exact) mass is 386 g/mol. The number of rotatable bonds is 15. The molecule has 0 bridgehead atoms. The van der Waals surface area contributed by atoms with E-state index < -0.39 is 17.7 Å². The van der Waals surface area contributed by atoms with Gasteiger partial charge < -0.3 is 10.4 Å². The first-order valence-corrected chi connectivity index (χ1v) is 11.4. The molecule has 0 spiro atoms. The number of β-amino-alcohol motifs (C(OH)–C–C–N with tert-alkyl or cyclic N) is 1. The number of imide groups is 1. The van der Waals surface area contributed by atoms with Crippen molar-refractivity contribution in [3.05, 3.63) is 0 Å². The van der Waals surface area contributed by atoms with Gasteiger partial charge in [-0.2, -0.15) is 11.8 Å². The number of amides is 3. The van der Waals surface area contributed by atoms with E-state index in [1.807, 2.05) is 0 Å². The Morgan fingerprint density at radius 1 is 1.00 bits per heavy atom. The van der Waals surface area contributed by atoms with Gasteiger partial charge in [0.25, 0.3) is 5.91 Å². The second-order valence-electron chi connectivity index (χ2n) is 7.88. The third-order valence-electron chi connectivity index (χ3n) is 4.79. The summed E-state index contributed by atoms with van der Waals surface area (Å²) in [5.74, 6) is 1.33. The van der Waals surface area contributed by atoms with E-state index in [-0.39, 0.29) is 12.5 Å². The van der Waals surface area contributed by atoms with E-state index >= 15 is 0 Å². The average Bonchev–Trinajstić information content (AvgIpc) is 2.77. The Morgan fingerprint density at radius 2 is 1.54 bits per heavy atom. The first kappa shape index (κ1) is 23.3. The summed E-state index contributed by atoms with van der Waals surface area (Å²) < 4.78 is 0. The number of aliphatic hydroxyl groups excluding tert-OH is 1. The number of aliphatic hydroxyl groups is 1. The predicted octanol–water partition coefficient (Wildman–Crippen LogP) is 4.33. The molecule has 5 nitrogen and oxygen atoms in total. The molecule has 1 atom stereocenters. The number of nitrogens with zero attached hydrogens (tertiary/aromatic N) is 1. The average molecular weight is 387 g/mol. The van der Waals surface area contributed by atoms with Gasteiger partial charge >= 0.3 is 6.03 Å². The minimum absolute atomic E-state index is 0.0825. The fraction of sp³-hybridized carbons (Fsp3) is 0.900. The molecule has 1 fully saturated rings. The molecule has 0 aromatic rings. The van der Waals surface area contributed by atoms with Crippen LogP contribution < -0.4 is 5.32 Å². The van der Waals surface area contributed by atoms with Crippen molar-refractivity contribution in [2.24, 2.45) is 0 Å². The van der Waals surface area contributed by atoms with Gasteiger partial charge in [-0.1, -0.05) is 64.7 Å². The van der Waals surface area contributed by atoms with Crippen molar-refractivity contribution in [1.82, 2.24) is 10.2 Å². The van der Waals surface area contributed by atoms with E-state index in [4.69, 9.17) is 0 Å². The van der Waals surface area contributed by atoms with Crippen molar-refractivity contribution < 1.29 is 14.7 Å². The molecular weight excluding hydrogens is 348 g/mol. The number of hydrogen-bond donors (Lipinski definition) is 2. The molecule has 0 radical (unpaired) electrons. The molecule has 2 N–H and O–H groups in total. The molecule has 26 heavy (non-hydrogen) atoms. The molecule has 6 heteroatoms. The Bertz CT molecular complexity index is 429. The zero-order valence-electron chi connectivity index (χ0n) is 16.9. The molecule has 1 unspecified atom stereocenters. The van der Waals surface area contributed by atoms with Crippen LogP contribution in [0.25, 0.3) is 0 Å². The van der Waals surface area contributed by atoms with Gasteiger partial charge in [-0.15, -0.1) is 0 Å². The normalized spacial score (nSPS) is 17.6. The Hall–Kier alpha value is -0.750. The molecular formula is C20H38N2O3S. The lowest BCUT2D eigenvalue weighted by Gasteiger charge is -2.19. The van der Waals surface area contributed by atoms with Gasteiger partial charge in [0.1, 0.15) is 5.54 Å². The molecule has 1 aliphatic heterocycles. The lowest BCUT2D eigenvalue weighted by Crippen LogP contribution is -2.42. The highest BCUT2D eigenvalue weighted by molar-refractivity contribution is 7.99. The van der Waals surface area contributed by atoms with Gasteiger partial charge in [0.15, 0.2) is 0 Å². The van der Waals surface area contributed by atoms with Gasteiger partial charge in [-0.25, -0.2) is 4.79 Å². The molecule has 1 aliphatic rings. The van der Waals surface area contributed by atoms with Crippen LogP contribution in [0.3, 0.4) is 0 Å². The Kier molecular flexibility index (Phi) is 11.3. The van der Waals surface area contributed by atoms with E-state index in [0.717, 1.165) is 10.7 Å². The summed E-state index contributed by atoms with van der Waals surface area (Å²) in [6, 6.07) is -0.404. The smallest absolute Gasteiger partial charge is 0.325 e. The van der Waals surface area contributed by atoms with Crippen LogP contribution in [0.15, 0.2) is 0 Å². The third kappa shape index (κ3) is 8.76. The van der Waals surface area contributed by atoms with Crippen LogP contribution in [0.4, 0.5) is 4.79 Å². The SMILES string of the molecule is CCCCCCCCCCCCSCC(O)CN1C(=O)NC(C)(C)C1=O. The van der Waals surface area contributed by atoms with Crippen LogP contribution in [0.1, 0.15) is 85.0 Å². The molecule has 0 saturated carbocycles. The fourth-order valence-corrected chi connectivity index (χ4v) is 4.11. The van der Waals surface area contributed by atoms with Gasteiger partial charge in [0.2, 0.25) is 0 Å². The standard InChI is InChI=1S/C20H38N2O3S/c1-4-5-6-7-8-9-10-11-12-13-14-26-16-17(23)15-22-18(24)20(2,3)21-19(22)25/h17,23H,4-16H2,1-3H3,(H,21,25). The molecule has 1 saturated heterocycles. The summed E-state index contributed by atoms with van der Waals surface area (Å²) in [7, 11) is 0. The summed E-state index contributed by atoms with van der Waals surface area (Å²) in [6.07, 6.45) is 12.6. The quantitative estimate of drug-likeness (QED) is 0.325. The molecule has 0 aliphatic carbocycles. The van der Waals surface area contributed by atoms with Crippen molar-refractivity contribution in [3.63, 3.8) is 0 Å². The number of carbonyl (C=O) groups is 2. The van der Waals surface area contributed by atoms with Crippen molar-refractivity contribution in [2.75, 3.05) is 18.1 Å². The topological polar surface area (TPSA) is 69.6 Å². The van der Waals surface area contributed by atoms with Gasteiger partial charge in [-0.3, -0.25) is 9.69 Å². The zero-order chi connectivity index (χ0) is 19.4. The van der Waals surface area contributed by atoms with Crippen molar-refractivity contribution in [3.8, 4) is 0 Å². The zero-order valence-corrected chi connectivity index (χ0v) is 17.7. The number of unbranched alkanes of at least 4 members (excludes halogenated alkanes) is 9. The number of thioether (sulfide) groups is 1. The first-order valence-electron chi connectivity index (χ1n) is 10.3. The molecule has 0 aromatic carbocycles. The largest absolute Gasteiger partial charge is 0.390 e. The molecule has 0 aromatic heterocycles. The number of hydrogen-bond acceptors (Lipinski definition) is 4. The van der Waals surface area contributed by atoms with Gasteiger partial charge in [0.05, 0.1) is 12.6 Å². The number of carbonyl (C=O) groups excluding carboxylic acids is 2. The third-order valence-corrected chi connectivity index (χ3v) is 5.99. The molecule has 1 heterocycles. The van der Waals surface area contributed by atoms with Gasteiger partial charge in [-0.05, 0) is 26.0 Å². The maximum absolute atomic E-state index is 12.1. The van der Waals surface area contributed by atoms with E-state index in [2.05, 4.69) is 12.2 Å². The highest BCUT2D eigenvalue weighted by Crippen LogP contribution is 2.18. The van der Waals surface area contributed by atoms with Crippen LogP contribution in [-0.2, 0) is 4.79 Å². The summed E-state index contributed by atoms with van der Waals surface area (Å²) in [6.45, 7) is 5.69.